The maximum atomic E-state index is 13.4. The van der Waals surface area contributed by atoms with Gasteiger partial charge in [-0.15, -0.1) is 0 Å². The van der Waals surface area contributed by atoms with Gasteiger partial charge < -0.3 is 14.4 Å². The van der Waals surface area contributed by atoms with Gasteiger partial charge in [-0.25, -0.2) is 0 Å². The predicted octanol–water partition coefficient (Wildman–Crippen LogP) is 5.84. The summed E-state index contributed by atoms with van der Waals surface area (Å²) in [7, 11) is -3.33. The summed E-state index contributed by atoms with van der Waals surface area (Å²) in [4.78, 5) is 13.4. The van der Waals surface area contributed by atoms with Crippen molar-refractivity contribution >= 4 is 13.5 Å². The first-order chi connectivity index (χ1) is 15.7. The first-order valence-corrected chi connectivity index (χ1v) is 12.5. The first-order valence-electron chi connectivity index (χ1n) is 10.7. The molecule has 5 nitrogen and oxygen atoms in total. The van der Waals surface area contributed by atoms with Crippen molar-refractivity contribution in [2.45, 2.75) is 31.9 Å². The number of carbonyl (C=O) groups excluding carboxylic acids is 1. The van der Waals surface area contributed by atoms with E-state index in [9.17, 15) is 22.5 Å². The summed E-state index contributed by atoms with van der Waals surface area (Å²) in [5, 5.41) is 2.08. The summed E-state index contributed by atoms with van der Waals surface area (Å²) in [6.45, 7) is 2.43. The Hall–Kier alpha value is -2.41. The van der Waals surface area contributed by atoms with Crippen LogP contribution in [0.1, 0.15) is 31.4 Å². The van der Waals surface area contributed by atoms with Gasteiger partial charge in [0.2, 0.25) is 5.91 Å². The molecule has 0 bridgehead atoms. The summed E-state index contributed by atoms with van der Waals surface area (Å²) in [6.07, 6.45) is -1.18. The number of nitrogens with one attached hydrogen (secondary N) is 1. The van der Waals surface area contributed by atoms with E-state index >= 15 is 0 Å². The molecule has 33 heavy (non-hydrogen) atoms. The highest BCUT2D eigenvalue weighted by atomic mass is 31.2. The molecule has 0 fully saturated rings. The maximum absolute atomic E-state index is 13.4. The normalized spacial score (nSPS) is 14.8. The highest BCUT2D eigenvalue weighted by molar-refractivity contribution is 7.54. The molecule has 1 aliphatic carbocycles. The third-order valence-electron chi connectivity index (χ3n) is 5.47. The number of allylic oxidation sites excluding steroid dienone is 2. The van der Waals surface area contributed by atoms with Gasteiger partial charge in [0.25, 0.3) is 0 Å². The summed E-state index contributed by atoms with van der Waals surface area (Å²) < 4.78 is 62.0. The Morgan fingerprint density at radius 3 is 1.97 bits per heavy atom. The number of alkyl halides is 3. The van der Waals surface area contributed by atoms with Crippen LogP contribution >= 0.6 is 7.60 Å². The Labute approximate surface area is 191 Å². The van der Waals surface area contributed by atoms with Crippen LogP contribution in [0.25, 0.3) is 11.1 Å². The van der Waals surface area contributed by atoms with Crippen molar-refractivity contribution in [2.24, 2.45) is 0 Å². The second-order valence-electron chi connectivity index (χ2n) is 7.60. The van der Waals surface area contributed by atoms with Crippen LogP contribution in [0.5, 0.6) is 0 Å². The van der Waals surface area contributed by atoms with Crippen LogP contribution in [0.3, 0.4) is 0 Å². The van der Waals surface area contributed by atoms with Gasteiger partial charge in [0.1, 0.15) is 12.0 Å². The van der Waals surface area contributed by atoms with Crippen molar-refractivity contribution < 1.29 is 31.6 Å². The third-order valence-corrected chi connectivity index (χ3v) is 7.43. The molecule has 1 amide bonds. The number of halogens is 3. The zero-order chi connectivity index (χ0) is 24.1. The van der Waals surface area contributed by atoms with Crippen molar-refractivity contribution in [2.75, 3.05) is 25.9 Å². The SMILES string of the molecule is CCOP(=O)(C/C=C\CC1(C(=O)NCC(F)(F)F)c2ccccc2-c2ccccc21)OCC. The Morgan fingerprint density at radius 2 is 1.48 bits per heavy atom. The number of fused-ring (bicyclic) bond motifs is 3. The van der Waals surface area contributed by atoms with Crippen LogP contribution < -0.4 is 5.32 Å². The molecule has 0 radical (unpaired) electrons. The molecule has 0 saturated heterocycles. The van der Waals surface area contributed by atoms with E-state index in [-0.39, 0.29) is 25.8 Å². The average Bonchev–Trinajstić information content (AvgIpc) is 3.06. The second kappa shape index (κ2) is 10.2. The molecule has 2 aromatic rings. The topological polar surface area (TPSA) is 64.6 Å². The smallest absolute Gasteiger partial charge is 0.346 e. The lowest BCUT2D eigenvalue weighted by atomic mass is 9.74. The molecule has 9 heteroatoms. The Bertz CT molecular complexity index is 1010. The van der Waals surface area contributed by atoms with Gasteiger partial charge in [0, 0.05) is 0 Å². The Morgan fingerprint density at radius 1 is 0.970 bits per heavy atom. The molecule has 0 unspecified atom stereocenters. The van der Waals surface area contributed by atoms with Crippen molar-refractivity contribution in [1.29, 1.82) is 0 Å². The number of rotatable bonds is 10. The molecular weight excluding hydrogens is 454 g/mol. The zero-order valence-electron chi connectivity index (χ0n) is 18.5. The number of hydrogen-bond acceptors (Lipinski definition) is 4. The summed E-state index contributed by atoms with van der Waals surface area (Å²) >= 11 is 0. The fraction of sp³-hybridized carbons (Fsp3) is 0.375. The number of amides is 1. The van der Waals surface area contributed by atoms with E-state index in [2.05, 4.69) is 5.32 Å². The average molecular weight is 481 g/mol. The van der Waals surface area contributed by atoms with Crippen molar-refractivity contribution in [3.8, 4) is 11.1 Å². The lowest BCUT2D eigenvalue weighted by Crippen LogP contribution is -2.46. The molecule has 178 valence electrons. The van der Waals surface area contributed by atoms with E-state index in [4.69, 9.17) is 9.05 Å². The molecular formula is C24H27F3NO4P. The van der Waals surface area contributed by atoms with Crippen LogP contribution in [0, 0.1) is 0 Å². The Kier molecular flexibility index (Phi) is 7.83. The van der Waals surface area contributed by atoms with E-state index in [0.717, 1.165) is 11.1 Å². The largest absolute Gasteiger partial charge is 0.405 e. The second-order valence-corrected chi connectivity index (χ2v) is 9.70. The molecule has 0 aromatic heterocycles. The molecule has 1 N–H and O–H groups in total. The molecule has 0 atom stereocenters. The molecule has 1 aliphatic rings. The monoisotopic (exact) mass is 481 g/mol. The zero-order valence-corrected chi connectivity index (χ0v) is 19.4. The van der Waals surface area contributed by atoms with Gasteiger partial charge in [-0.1, -0.05) is 60.7 Å². The summed E-state index contributed by atoms with van der Waals surface area (Å²) in [5.41, 5.74) is 1.52. The molecule has 0 saturated carbocycles. The fourth-order valence-electron chi connectivity index (χ4n) is 4.21. The lowest BCUT2D eigenvalue weighted by Gasteiger charge is -2.30. The predicted molar refractivity (Wildman–Crippen MR) is 121 cm³/mol. The van der Waals surface area contributed by atoms with E-state index in [1.165, 1.54) is 0 Å². The highest BCUT2D eigenvalue weighted by Crippen LogP contribution is 2.52. The molecule has 0 aliphatic heterocycles. The first kappa shape index (κ1) is 25.2. The van der Waals surface area contributed by atoms with E-state index in [1.54, 1.807) is 50.3 Å². The van der Waals surface area contributed by atoms with Gasteiger partial charge in [-0.3, -0.25) is 9.36 Å². The van der Waals surface area contributed by atoms with Crippen LogP contribution in [0.2, 0.25) is 0 Å². The number of benzene rings is 2. The summed E-state index contributed by atoms with van der Waals surface area (Å²) in [5.74, 6) is -0.736. The molecule has 2 aromatic carbocycles. The molecule has 3 rings (SSSR count). The van der Waals surface area contributed by atoms with Crippen molar-refractivity contribution in [3.05, 3.63) is 71.8 Å². The maximum Gasteiger partial charge on any atom is 0.405 e. The highest BCUT2D eigenvalue weighted by Gasteiger charge is 2.48. The minimum atomic E-state index is -4.54. The number of carbonyl (C=O) groups is 1. The van der Waals surface area contributed by atoms with Crippen LogP contribution in [-0.2, 0) is 23.8 Å². The minimum Gasteiger partial charge on any atom is -0.346 e. The lowest BCUT2D eigenvalue weighted by molar-refractivity contribution is -0.140. The summed E-state index contributed by atoms with van der Waals surface area (Å²) in [6, 6.07) is 14.4. The molecule has 0 spiro atoms. The standard InChI is InChI=1S/C24H27F3NO4P/c1-3-31-33(30,32-4-2)16-10-9-15-23(22(29)28-17-24(25,26)27)20-13-7-5-11-18(20)19-12-6-8-14-21(19)23/h5-14H,3-4,15-17H2,1-2H3,(H,28,29)/b10-9-. The Balaban J connectivity index is 2.00. The van der Waals surface area contributed by atoms with Gasteiger partial charge in [0.05, 0.1) is 19.4 Å². The van der Waals surface area contributed by atoms with Gasteiger partial charge in [-0.05, 0) is 42.5 Å². The van der Waals surface area contributed by atoms with E-state index in [1.807, 2.05) is 24.3 Å². The minimum absolute atomic E-state index is 0.00176. The van der Waals surface area contributed by atoms with Crippen molar-refractivity contribution in [1.82, 2.24) is 5.32 Å². The van der Waals surface area contributed by atoms with E-state index in [0.29, 0.717) is 11.1 Å². The fourth-order valence-corrected chi connectivity index (χ4v) is 5.69. The van der Waals surface area contributed by atoms with Crippen LogP contribution in [0.4, 0.5) is 13.2 Å². The number of hydrogen-bond donors (Lipinski definition) is 1. The van der Waals surface area contributed by atoms with Gasteiger partial charge in [-0.2, -0.15) is 13.2 Å². The van der Waals surface area contributed by atoms with E-state index < -0.39 is 31.6 Å². The molecule has 0 heterocycles. The van der Waals surface area contributed by atoms with Crippen LogP contribution in [0.15, 0.2) is 60.7 Å². The van der Waals surface area contributed by atoms with Gasteiger partial charge in [0.15, 0.2) is 0 Å². The van der Waals surface area contributed by atoms with Crippen molar-refractivity contribution in [3.63, 3.8) is 0 Å². The third kappa shape index (κ3) is 5.40. The van der Waals surface area contributed by atoms with Gasteiger partial charge >= 0.3 is 13.8 Å². The quantitative estimate of drug-likeness (QED) is 0.342. The van der Waals surface area contributed by atoms with Crippen LogP contribution in [-0.4, -0.2) is 38.0 Å².